The Bertz CT molecular complexity index is 409. The average Bonchev–Trinajstić information content (AvgIpc) is 2.37. The van der Waals surface area contributed by atoms with Crippen molar-refractivity contribution in [3.8, 4) is 0 Å². The lowest BCUT2D eigenvalue weighted by molar-refractivity contribution is -0.480. The number of hydrogen-bond donors (Lipinski definition) is 1. The van der Waals surface area contributed by atoms with Crippen LogP contribution in [0.4, 0.5) is 0 Å². The van der Waals surface area contributed by atoms with Crippen LogP contribution in [0.25, 0.3) is 0 Å². The van der Waals surface area contributed by atoms with Gasteiger partial charge in [0.1, 0.15) is 36.6 Å². The standard InChI is InChI=1S/C14H26O6Si/c1-14(2,3)21(5,6)20-12-9-7(15)8-10(16-4)11(12)19-13(17-8)18-9/h7-13,15H,1-6H3/t7?,8-,9?,10?,11+,12+,13?/m0/s1. The second kappa shape index (κ2) is 4.99. The molecule has 7 heteroatoms. The Morgan fingerprint density at radius 1 is 0.952 bits per heavy atom. The molecule has 0 radical (unpaired) electrons. The molecular formula is C14H26O6Si. The predicted molar refractivity (Wildman–Crippen MR) is 77.3 cm³/mol. The Morgan fingerprint density at radius 2 is 1.48 bits per heavy atom. The van der Waals surface area contributed by atoms with Crippen LogP contribution < -0.4 is 0 Å². The number of aliphatic hydroxyl groups excluding tert-OH is 1. The minimum atomic E-state index is -2.00. The Balaban J connectivity index is 1.85. The number of aliphatic hydroxyl groups is 1. The summed E-state index contributed by atoms with van der Waals surface area (Å²) in [5.74, 6) is 0. The largest absolute Gasteiger partial charge is 0.408 e. The number of hydrogen-bond acceptors (Lipinski definition) is 6. The fourth-order valence-electron chi connectivity index (χ4n) is 3.01. The van der Waals surface area contributed by atoms with E-state index in [9.17, 15) is 5.11 Å². The van der Waals surface area contributed by atoms with E-state index in [0.29, 0.717) is 0 Å². The minimum absolute atomic E-state index is 0.0751. The van der Waals surface area contributed by atoms with Gasteiger partial charge in [0, 0.05) is 7.11 Å². The van der Waals surface area contributed by atoms with Gasteiger partial charge in [-0.25, -0.2) is 0 Å². The zero-order valence-electron chi connectivity index (χ0n) is 13.5. The third kappa shape index (κ3) is 2.39. The predicted octanol–water partition coefficient (Wildman–Crippen LogP) is 1.23. The zero-order valence-corrected chi connectivity index (χ0v) is 14.5. The van der Waals surface area contributed by atoms with Gasteiger partial charge in [0.2, 0.25) is 0 Å². The molecule has 3 heterocycles. The van der Waals surface area contributed by atoms with Gasteiger partial charge in [0.25, 0.3) is 6.48 Å². The normalized spacial score (nSPS) is 46.1. The first-order valence-corrected chi connectivity index (χ1v) is 10.4. The summed E-state index contributed by atoms with van der Waals surface area (Å²) in [6.07, 6.45) is -2.46. The minimum Gasteiger partial charge on any atom is -0.408 e. The Hall–Kier alpha value is -0.0231. The van der Waals surface area contributed by atoms with Gasteiger partial charge in [-0.05, 0) is 18.1 Å². The molecule has 4 fully saturated rings. The van der Waals surface area contributed by atoms with Crippen LogP contribution in [-0.4, -0.2) is 63.6 Å². The summed E-state index contributed by atoms with van der Waals surface area (Å²) in [5.41, 5.74) is 0. The maximum atomic E-state index is 10.4. The molecule has 0 spiro atoms. The van der Waals surface area contributed by atoms with Crippen LogP contribution in [0.3, 0.4) is 0 Å². The van der Waals surface area contributed by atoms with E-state index >= 15 is 0 Å². The van der Waals surface area contributed by atoms with Crippen LogP contribution in [0.2, 0.25) is 18.1 Å². The van der Waals surface area contributed by atoms with Crippen LogP contribution >= 0.6 is 0 Å². The molecule has 1 N–H and O–H groups in total. The van der Waals surface area contributed by atoms with Crippen LogP contribution in [0.1, 0.15) is 20.8 Å². The molecule has 1 saturated carbocycles. The first kappa shape index (κ1) is 15.9. The Morgan fingerprint density at radius 3 is 2.00 bits per heavy atom. The topological polar surface area (TPSA) is 66.4 Å². The van der Waals surface area contributed by atoms with Crippen molar-refractivity contribution in [2.45, 2.75) is 82.0 Å². The summed E-state index contributed by atoms with van der Waals surface area (Å²) in [6, 6.07) is 0. The molecule has 7 atom stereocenters. The molecule has 21 heavy (non-hydrogen) atoms. The molecule has 0 amide bonds. The van der Waals surface area contributed by atoms with Crippen molar-refractivity contribution in [2.24, 2.45) is 0 Å². The van der Waals surface area contributed by atoms with E-state index in [1.807, 2.05) is 0 Å². The van der Waals surface area contributed by atoms with Crippen molar-refractivity contribution in [2.75, 3.05) is 7.11 Å². The number of methoxy groups -OCH3 is 1. The van der Waals surface area contributed by atoms with E-state index in [1.54, 1.807) is 7.11 Å². The van der Waals surface area contributed by atoms with E-state index in [2.05, 4.69) is 33.9 Å². The highest BCUT2D eigenvalue weighted by molar-refractivity contribution is 6.74. The maximum absolute atomic E-state index is 10.4. The maximum Gasteiger partial charge on any atom is 0.272 e. The Labute approximate surface area is 126 Å². The molecule has 1 aliphatic carbocycles. The van der Waals surface area contributed by atoms with Crippen LogP contribution in [0.5, 0.6) is 0 Å². The molecular weight excluding hydrogens is 292 g/mol. The first-order valence-electron chi connectivity index (χ1n) is 7.51. The van der Waals surface area contributed by atoms with Crippen LogP contribution in [-0.2, 0) is 23.4 Å². The van der Waals surface area contributed by atoms with Crippen molar-refractivity contribution in [3.63, 3.8) is 0 Å². The van der Waals surface area contributed by atoms with Gasteiger partial charge in [-0.1, -0.05) is 20.8 Å². The highest BCUT2D eigenvalue weighted by atomic mass is 28.4. The van der Waals surface area contributed by atoms with E-state index in [-0.39, 0.29) is 23.4 Å². The van der Waals surface area contributed by atoms with Gasteiger partial charge >= 0.3 is 0 Å². The summed E-state index contributed by atoms with van der Waals surface area (Å²) in [6.45, 7) is 10.2. The second-order valence-corrected chi connectivity index (χ2v) is 12.4. The lowest BCUT2D eigenvalue weighted by atomic mass is 9.82. The molecule has 0 aromatic heterocycles. The monoisotopic (exact) mass is 318 g/mol. The molecule has 122 valence electrons. The number of rotatable bonds is 3. The van der Waals surface area contributed by atoms with Gasteiger partial charge in [-0.3, -0.25) is 0 Å². The van der Waals surface area contributed by atoms with Gasteiger partial charge in [-0.2, -0.15) is 0 Å². The van der Waals surface area contributed by atoms with Crippen LogP contribution in [0.15, 0.2) is 0 Å². The quantitative estimate of drug-likeness (QED) is 0.790. The summed E-state index contributed by atoms with van der Waals surface area (Å²) in [7, 11) is -0.397. The molecule has 4 aliphatic rings. The summed E-state index contributed by atoms with van der Waals surface area (Å²) in [4.78, 5) is 0. The SMILES string of the molecule is COC1[C@H]2OC3OC(C2O)[C@@H](O[Si](C)(C)C(C)(C)C)[C@@H]1O3. The fraction of sp³-hybridized carbons (Fsp3) is 1.00. The molecule has 3 aliphatic heterocycles. The van der Waals surface area contributed by atoms with Crippen molar-refractivity contribution in [1.29, 1.82) is 0 Å². The molecule has 3 saturated heterocycles. The van der Waals surface area contributed by atoms with Gasteiger partial charge in [0.05, 0.1) is 0 Å². The smallest absolute Gasteiger partial charge is 0.272 e. The third-order valence-electron chi connectivity index (χ3n) is 5.28. The van der Waals surface area contributed by atoms with E-state index in [0.717, 1.165) is 0 Å². The van der Waals surface area contributed by atoms with Crippen molar-refractivity contribution in [1.82, 2.24) is 0 Å². The van der Waals surface area contributed by atoms with Crippen molar-refractivity contribution >= 4 is 8.32 Å². The molecule has 4 rings (SSSR count). The highest BCUT2D eigenvalue weighted by Crippen LogP contribution is 2.45. The summed E-state index contributed by atoms with van der Waals surface area (Å²) in [5, 5.41) is 10.5. The highest BCUT2D eigenvalue weighted by Gasteiger charge is 2.63. The lowest BCUT2D eigenvalue weighted by Crippen LogP contribution is -2.76. The van der Waals surface area contributed by atoms with Crippen LogP contribution in [0, 0.1) is 0 Å². The third-order valence-corrected chi connectivity index (χ3v) is 9.76. The molecule has 4 bridgehead atoms. The summed E-state index contributed by atoms with van der Waals surface area (Å²) >= 11 is 0. The van der Waals surface area contributed by atoms with Crippen molar-refractivity contribution < 1.29 is 28.5 Å². The van der Waals surface area contributed by atoms with E-state index in [1.165, 1.54) is 0 Å². The van der Waals surface area contributed by atoms with E-state index < -0.39 is 33.1 Å². The van der Waals surface area contributed by atoms with Gasteiger partial charge < -0.3 is 28.5 Å². The summed E-state index contributed by atoms with van der Waals surface area (Å²) < 4.78 is 28.9. The molecule has 4 unspecified atom stereocenters. The molecule has 0 aromatic carbocycles. The van der Waals surface area contributed by atoms with Gasteiger partial charge in [-0.15, -0.1) is 0 Å². The average molecular weight is 318 g/mol. The fourth-order valence-corrected chi connectivity index (χ4v) is 4.31. The van der Waals surface area contributed by atoms with Gasteiger partial charge in [0.15, 0.2) is 8.32 Å². The first-order chi connectivity index (χ1) is 9.65. The molecule has 6 nitrogen and oxygen atoms in total. The second-order valence-electron chi connectivity index (χ2n) is 7.62. The lowest BCUT2D eigenvalue weighted by Gasteiger charge is -2.59. The Kier molecular flexibility index (Phi) is 3.77. The number of ether oxygens (including phenoxy) is 4. The van der Waals surface area contributed by atoms with Crippen molar-refractivity contribution in [3.05, 3.63) is 0 Å². The molecule has 0 aromatic rings. The van der Waals surface area contributed by atoms with E-state index in [4.69, 9.17) is 23.4 Å². The zero-order chi connectivity index (χ0) is 15.6.